The van der Waals surface area contributed by atoms with Crippen LogP contribution in [0.3, 0.4) is 0 Å². The van der Waals surface area contributed by atoms with Crippen LogP contribution in [0.1, 0.15) is 47.2 Å². The number of furan rings is 1. The summed E-state index contributed by atoms with van der Waals surface area (Å²) in [6, 6.07) is 79.8. The Bertz CT molecular complexity index is 3250. The molecule has 1 aliphatic heterocycles. The van der Waals surface area contributed by atoms with Crippen molar-refractivity contribution in [1.82, 2.24) is 0 Å². The Balaban J connectivity index is 1.09. The number of hydrogen-bond acceptors (Lipinski definition) is 3. The molecule has 12 rings (SSSR count). The van der Waals surface area contributed by atoms with Gasteiger partial charge in [-0.15, -0.1) is 0 Å². The maximum atomic E-state index is 6.44. The minimum atomic E-state index is -0.501. The number of anilines is 6. The number of nitrogens with zero attached hydrogens (tertiary/aromatic N) is 2. The summed E-state index contributed by atoms with van der Waals surface area (Å²) in [5.41, 5.74) is 17.9. The van der Waals surface area contributed by atoms with Crippen LogP contribution < -0.4 is 9.80 Å². The Morgan fingerprint density at radius 3 is 1.66 bits per heavy atom. The summed E-state index contributed by atoms with van der Waals surface area (Å²) in [6.45, 7) is 4.80. The molecule has 10 aromatic rings. The van der Waals surface area contributed by atoms with Gasteiger partial charge in [-0.1, -0.05) is 159 Å². The third-order valence-electron chi connectivity index (χ3n) is 13.3. The van der Waals surface area contributed by atoms with E-state index in [1.807, 2.05) is 12.1 Å². The Hall–Kier alpha value is -7.62. The zero-order chi connectivity index (χ0) is 40.7. The van der Waals surface area contributed by atoms with Gasteiger partial charge in [0.05, 0.1) is 16.8 Å². The van der Waals surface area contributed by atoms with Gasteiger partial charge in [0.1, 0.15) is 11.2 Å². The minimum absolute atomic E-state index is 0.386. The standard InChI is InChI=1S/C58H42N2O/c1-57(2)51-36-40(58(39-18-6-3-7-19-39)49-27-15-12-24-45(49)46-25-13-16-28-50(46)58)30-34-53(51)60(42-22-10-5-11-23-42)54-35-32-43(37-52(54)57)59(41-20-8-4-9-21-41)44-31-33-48-47-26-14-17-29-55(47)61-56(48)38-44/h3-38H,1-2H3. The summed E-state index contributed by atoms with van der Waals surface area (Å²) >= 11 is 0. The molecular formula is C58H42N2O. The molecule has 0 saturated carbocycles. The van der Waals surface area contributed by atoms with Crippen molar-refractivity contribution in [2.45, 2.75) is 24.7 Å². The molecule has 1 aliphatic carbocycles. The Morgan fingerprint density at radius 1 is 0.393 bits per heavy atom. The molecule has 2 heterocycles. The average Bonchev–Trinajstić information content (AvgIpc) is 3.84. The predicted molar refractivity (Wildman–Crippen MR) is 253 cm³/mol. The van der Waals surface area contributed by atoms with Crippen LogP contribution in [0, 0.1) is 0 Å². The molecule has 0 fully saturated rings. The molecule has 2 aliphatic rings. The van der Waals surface area contributed by atoms with Crippen LogP contribution >= 0.6 is 0 Å². The third-order valence-corrected chi connectivity index (χ3v) is 13.3. The van der Waals surface area contributed by atoms with Gasteiger partial charge in [-0.25, -0.2) is 0 Å². The third kappa shape index (κ3) is 5.17. The highest BCUT2D eigenvalue weighted by atomic mass is 16.3. The fourth-order valence-electron chi connectivity index (χ4n) is 10.5. The second kappa shape index (κ2) is 13.5. The largest absolute Gasteiger partial charge is 0.456 e. The van der Waals surface area contributed by atoms with Crippen molar-refractivity contribution in [3.63, 3.8) is 0 Å². The molecule has 0 amide bonds. The van der Waals surface area contributed by atoms with Crippen LogP contribution in [0.15, 0.2) is 223 Å². The topological polar surface area (TPSA) is 19.6 Å². The summed E-state index contributed by atoms with van der Waals surface area (Å²) in [7, 11) is 0. The lowest BCUT2D eigenvalue weighted by Gasteiger charge is -2.44. The summed E-state index contributed by atoms with van der Waals surface area (Å²) < 4.78 is 6.44. The normalized spacial score (nSPS) is 14.3. The predicted octanol–water partition coefficient (Wildman–Crippen LogP) is 15.5. The van der Waals surface area contributed by atoms with E-state index in [1.165, 1.54) is 55.9 Å². The number of hydrogen-bond donors (Lipinski definition) is 0. The van der Waals surface area contributed by atoms with E-state index < -0.39 is 5.41 Å². The van der Waals surface area contributed by atoms with Gasteiger partial charge in [0, 0.05) is 45.0 Å². The highest BCUT2D eigenvalue weighted by Gasteiger charge is 2.47. The van der Waals surface area contributed by atoms with Crippen LogP contribution in [0.5, 0.6) is 0 Å². The van der Waals surface area contributed by atoms with Gasteiger partial charge in [-0.2, -0.15) is 0 Å². The average molecular weight is 783 g/mol. The van der Waals surface area contributed by atoms with Crippen molar-refractivity contribution in [1.29, 1.82) is 0 Å². The van der Waals surface area contributed by atoms with E-state index in [0.29, 0.717) is 0 Å². The molecule has 290 valence electrons. The SMILES string of the molecule is CC1(C)c2cc(N(c3ccccc3)c3ccc4c(c3)oc3ccccc34)ccc2N(c2ccccc2)c2ccc(C3(c4ccccc4)c4ccccc4-c4ccccc43)cc21. The van der Waals surface area contributed by atoms with E-state index in [9.17, 15) is 0 Å². The van der Waals surface area contributed by atoms with Crippen molar-refractivity contribution in [2.24, 2.45) is 0 Å². The zero-order valence-electron chi connectivity index (χ0n) is 34.1. The molecule has 61 heavy (non-hydrogen) atoms. The molecule has 0 unspecified atom stereocenters. The van der Waals surface area contributed by atoms with Crippen molar-refractivity contribution in [2.75, 3.05) is 9.80 Å². The first-order valence-corrected chi connectivity index (χ1v) is 21.2. The van der Waals surface area contributed by atoms with E-state index in [4.69, 9.17) is 4.42 Å². The van der Waals surface area contributed by atoms with Gasteiger partial charge in [0.25, 0.3) is 0 Å². The second-order valence-electron chi connectivity index (χ2n) is 16.9. The Morgan fingerprint density at radius 2 is 0.934 bits per heavy atom. The lowest BCUT2D eigenvalue weighted by Crippen LogP contribution is -2.33. The van der Waals surface area contributed by atoms with Crippen LogP contribution in [0.2, 0.25) is 0 Å². The highest BCUT2D eigenvalue weighted by molar-refractivity contribution is 6.06. The van der Waals surface area contributed by atoms with Crippen LogP contribution in [0.25, 0.3) is 33.1 Å². The summed E-state index contributed by atoms with van der Waals surface area (Å²) in [5, 5.41) is 2.24. The first-order chi connectivity index (χ1) is 30.0. The monoisotopic (exact) mass is 782 g/mol. The van der Waals surface area contributed by atoms with Gasteiger partial charge < -0.3 is 14.2 Å². The summed E-state index contributed by atoms with van der Waals surface area (Å²) in [6.07, 6.45) is 0. The molecule has 0 N–H and O–H groups in total. The minimum Gasteiger partial charge on any atom is -0.456 e. The van der Waals surface area contributed by atoms with Crippen LogP contribution in [-0.4, -0.2) is 0 Å². The van der Waals surface area contributed by atoms with E-state index in [0.717, 1.165) is 44.7 Å². The van der Waals surface area contributed by atoms with Crippen LogP contribution in [-0.2, 0) is 10.8 Å². The second-order valence-corrected chi connectivity index (χ2v) is 16.9. The van der Waals surface area contributed by atoms with Crippen molar-refractivity contribution in [3.05, 3.63) is 252 Å². The lowest BCUT2D eigenvalue weighted by atomic mass is 9.65. The van der Waals surface area contributed by atoms with E-state index in [2.05, 4.69) is 230 Å². The number of rotatable bonds is 6. The van der Waals surface area contributed by atoms with E-state index in [-0.39, 0.29) is 5.41 Å². The Labute approximate surface area is 356 Å². The van der Waals surface area contributed by atoms with E-state index in [1.54, 1.807) is 0 Å². The van der Waals surface area contributed by atoms with Crippen molar-refractivity contribution < 1.29 is 4.42 Å². The first kappa shape index (κ1) is 35.3. The number of benzene rings is 9. The fourth-order valence-corrected chi connectivity index (χ4v) is 10.5. The van der Waals surface area contributed by atoms with Gasteiger partial charge in [0.15, 0.2) is 0 Å². The fraction of sp³-hybridized carbons (Fsp3) is 0.0690. The molecule has 0 saturated heterocycles. The maximum Gasteiger partial charge on any atom is 0.137 e. The number of para-hydroxylation sites is 3. The van der Waals surface area contributed by atoms with Crippen molar-refractivity contribution >= 4 is 56.1 Å². The molecule has 3 heteroatoms. The van der Waals surface area contributed by atoms with Gasteiger partial charge in [-0.3, -0.25) is 0 Å². The summed E-state index contributed by atoms with van der Waals surface area (Å²) in [4.78, 5) is 4.82. The van der Waals surface area contributed by atoms with Gasteiger partial charge in [0.2, 0.25) is 0 Å². The van der Waals surface area contributed by atoms with Crippen molar-refractivity contribution in [3.8, 4) is 11.1 Å². The quantitative estimate of drug-likeness (QED) is 0.167. The Kier molecular flexibility index (Phi) is 7.79. The molecule has 3 nitrogen and oxygen atoms in total. The summed E-state index contributed by atoms with van der Waals surface area (Å²) in [5.74, 6) is 0. The lowest BCUT2D eigenvalue weighted by molar-refractivity contribution is 0.627. The molecule has 9 aromatic carbocycles. The van der Waals surface area contributed by atoms with Gasteiger partial charge in [-0.05, 0) is 111 Å². The van der Waals surface area contributed by atoms with E-state index >= 15 is 0 Å². The smallest absolute Gasteiger partial charge is 0.137 e. The first-order valence-electron chi connectivity index (χ1n) is 21.2. The molecular weight excluding hydrogens is 741 g/mol. The molecule has 1 aromatic heterocycles. The molecule has 0 bridgehead atoms. The number of fused-ring (bicyclic) bond motifs is 8. The van der Waals surface area contributed by atoms with Crippen LogP contribution in [0.4, 0.5) is 34.1 Å². The molecule has 0 atom stereocenters. The zero-order valence-corrected chi connectivity index (χ0v) is 34.1. The maximum absolute atomic E-state index is 6.44. The van der Waals surface area contributed by atoms with Gasteiger partial charge >= 0.3 is 0 Å². The molecule has 0 spiro atoms. The molecule has 0 radical (unpaired) electrons. The highest BCUT2D eigenvalue weighted by Crippen LogP contribution is 2.59.